The van der Waals surface area contributed by atoms with E-state index in [1.165, 1.54) is 0 Å². The highest BCUT2D eigenvalue weighted by Gasteiger charge is 2.30. The number of anilines is 2. The van der Waals surface area contributed by atoms with Gasteiger partial charge in [-0.3, -0.25) is 4.79 Å². The van der Waals surface area contributed by atoms with Gasteiger partial charge < -0.3 is 10.2 Å². The van der Waals surface area contributed by atoms with Crippen molar-refractivity contribution >= 4 is 27.2 Å². The number of carbonyl (C=O) groups excluding carboxylic acids is 1. The summed E-state index contributed by atoms with van der Waals surface area (Å²) in [4.78, 5) is 18.6. The lowest BCUT2D eigenvalue weighted by Crippen LogP contribution is -2.32. The van der Waals surface area contributed by atoms with Crippen molar-refractivity contribution in [3.63, 3.8) is 0 Å². The van der Waals surface area contributed by atoms with Crippen LogP contribution in [0.3, 0.4) is 0 Å². The molecule has 1 amide bonds. The quantitative estimate of drug-likeness (QED) is 0.891. The van der Waals surface area contributed by atoms with E-state index in [0.29, 0.717) is 17.8 Å². The number of hydrogen-bond acceptors (Lipinski definition) is 5. The predicted octanol–water partition coefficient (Wildman–Crippen LogP) is 2.57. The van der Waals surface area contributed by atoms with Crippen LogP contribution in [0, 0.1) is 13.8 Å². The second-order valence-corrected chi connectivity index (χ2v) is 9.05. The Hall–Kier alpha value is -2.41. The van der Waals surface area contributed by atoms with E-state index in [2.05, 4.69) is 10.3 Å². The van der Waals surface area contributed by atoms with Crippen LogP contribution in [0.5, 0.6) is 0 Å². The molecule has 1 atom stereocenters. The van der Waals surface area contributed by atoms with Gasteiger partial charge in [0, 0.05) is 18.7 Å². The van der Waals surface area contributed by atoms with Gasteiger partial charge in [-0.1, -0.05) is 6.07 Å². The van der Waals surface area contributed by atoms with E-state index >= 15 is 0 Å². The van der Waals surface area contributed by atoms with Crippen molar-refractivity contribution in [1.29, 1.82) is 0 Å². The summed E-state index contributed by atoms with van der Waals surface area (Å²) in [5.74, 6) is 0.668. The number of amides is 1. The van der Waals surface area contributed by atoms with Crippen LogP contribution in [-0.2, 0) is 9.84 Å². The van der Waals surface area contributed by atoms with Crippen LogP contribution in [0.25, 0.3) is 0 Å². The van der Waals surface area contributed by atoms with E-state index in [1.807, 2.05) is 44.0 Å². The minimum Gasteiger partial charge on any atom is -0.369 e. The lowest BCUT2D eigenvalue weighted by molar-refractivity contribution is 0.102. The van der Waals surface area contributed by atoms with Gasteiger partial charge in [-0.25, -0.2) is 13.4 Å². The molecule has 0 radical (unpaired) electrons. The minimum atomic E-state index is -2.93. The molecular weight excluding hydrogens is 350 g/mol. The summed E-state index contributed by atoms with van der Waals surface area (Å²) in [6, 6.07) is 9.11. The number of aryl methyl sites for hydroxylation is 2. The summed E-state index contributed by atoms with van der Waals surface area (Å²) in [5, 5.41) is 2.79. The molecule has 1 fully saturated rings. The fraction of sp³-hybridized carbons (Fsp3) is 0.368. The maximum absolute atomic E-state index is 12.3. The van der Waals surface area contributed by atoms with Crippen molar-refractivity contribution in [2.24, 2.45) is 0 Å². The van der Waals surface area contributed by atoms with Crippen molar-refractivity contribution in [2.45, 2.75) is 26.3 Å². The molecule has 1 saturated heterocycles. The van der Waals surface area contributed by atoms with E-state index in [0.717, 1.165) is 16.8 Å². The third-order valence-corrected chi connectivity index (χ3v) is 6.67. The van der Waals surface area contributed by atoms with E-state index in [-0.39, 0.29) is 23.5 Å². The average Bonchev–Trinajstić information content (AvgIpc) is 2.97. The lowest BCUT2D eigenvalue weighted by atomic mass is 10.1. The molecule has 0 aliphatic carbocycles. The Morgan fingerprint density at radius 2 is 1.96 bits per heavy atom. The van der Waals surface area contributed by atoms with Gasteiger partial charge in [-0.15, -0.1) is 0 Å². The zero-order valence-electron chi connectivity index (χ0n) is 15.2. The number of aromatic nitrogens is 1. The van der Waals surface area contributed by atoms with Gasteiger partial charge >= 0.3 is 0 Å². The number of nitrogens with one attached hydrogen (secondary N) is 1. The molecule has 7 heteroatoms. The van der Waals surface area contributed by atoms with E-state index in [1.54, 1.807) is 18.3 Å². The SMILES string of the molecule is Cc1ccc(C(=O)Nc2ccc(N(C)C3CCS(=O)(=O)C3)cn2)cc1C. The molecular formula is C19H23N3O3S. The van der Waals surface area contributed by atoms with Crippen LogP contribution in [0.15, 0.2) is 36.5 Å². The molecule has 3 rings (SSSR count). The largest absolute Gasteiger partial charge is 0.369 e. The van der Waals surface area contributed by atoms with Crippen LogP contribution >= 0.6 is 0 Å². The second kappa shape index (κ2) is 7.07. The van der Waals surface area contributed by atoms with Gasteiger partial charge in [-0.2, -0.15) is 0 Å². The fourth-order valence-corrected chi connectivity index (χ4v) is 4.81. The lowest BCUT2D eigenvalue weighted by Gasteiger charge is -2.25. The van der Waals surface area contributed by atoms with Crippen LogP contribution in [0.4, 0.5) is 11.5 Å². The average molecular weight is 373 g/mol. The summed E-state index contributed by atoms with van der Waals surface area (Å²) in [6.45, 7) is 3.97. The van der Waals surface area contributed by atoms with Gasteiger partial charge in [0.05, 0.1) is 23.4 Å². The van der Waals surface area contributed by atoms with Gasteiger partial charge in [0.15, 0.2) is 9.84 Å². The first-order valence-electron chi connectivity index (χ1n) is 8.53. The number of carbonyl (C=O) groups is 1. The topological polar surface area (TPSA) is 79.4 Å². The van der Waals surface area contributed by atoms with Gasteiger partial charge in [-0.05, 0) is 55.7 Å². The molecule has 1 aliphatic heterocycles. The summed E-state index contributed by atoms with van der Waals surface area (Å²) in [5.41, 5.74) is 3.62. The molecule has 0 spiro atoms. The third kappa shape index (κ3) is 4.04. The van der Waals surface area contributed by atoms with E-state index in [9.17, 15) is 13.2 Å². The Balaban J connectivity index is 1.67. The molecule has 2 heterocycles. The van der Waals surface area contributed by atoms with Gasteiger partial charge in [0.1, 0.15) is 5.82 Å². The first kappa shape index (κ1) is 18.4. The molecule has 138 valence electrons. The maximum atomic E-state index is 12.3. The van der Waals surface area contributed by atoms with Crippen molar-refractivity contribution in [1.82, 2.24) is 4.98 Å². The summed E-state index contributed by atoms with van der Waals surface area (Å²) < 4.78 is 23.3. The van der Waals surface area contributed by atoms with Crippen molar-refractivity contribution in [3.05, 3.63) is 53.2 Å². The summed E-state index contributed by atoms with van der Waals surface area (Å²) in [7, 11) is -1.06. The first-order valence-corrected chi connectivity index (χ1v) is 10.4. The number of rotatable bonds is 4. The Morgan fingerprint density at radius 3 is 2.54 bits per heavy atom. The number of sulfone groups is 1. The molecule has 1 N–H and O–H groups in total. The van der Waals surface area contributed by atoms with Crippen LogP contribution < -0.4 is 10.2 Å². The standard InChI is InChI=1S/C19H23N3O3S/c1-13-4-5-15(10-14(13)2)19(23)21-18-7-6-16(11-20-18)22(3)17-8-9-26(24,25)12-17/h4-7,10-11,17H,8-9,12H2,1-3H3,(H,20,21,23). The molecule has 1 unspecified atom stereocenters. The number of benzene rings is 1. The molecule has 1 aromatic heterocycles. The van der Waals surface area contributed by atoms with Gasteiger partial charge in [0.2, 0.25) is 0 Å². The Morgan fingerprint density at radius 1 is 1.19 bits per heavy atom. The maximum Gasteiger partial charge on any atom is 0.256 e. The highest BCUT2D eigenvalue weighted by Crippen LogP contribution is 2.23. The van der Waals surface area contributed by atoms with E-state index in [4.69, 9.17) is 0 Å². The third-order valence-electron chi connectivity index (χ3n) is 4.92. The molecule has 6 nitrogen and oxygen atoms in total. The Bertz CT molecular complexity index is 924. The molecule has 1 aromatic carbocycles. The second-order valence-electron chi connectivity index (χ2n) is 6.82. The molecule has 26 heavy (non-hydrogen) atoms. The zero-order chi connectivity index (χ0) is 18.9. The smallest absolute Gasteiger partial charge is 0.256 e. The highest BCUT2D eigenvalue weighted by molar-refractivity contribution is 7.91. The Kier molecular flexibility index (Phi) is 5.00. The number of hydrogen-bond donors (Lipinski definition) is 1. The molecule has 0 saturated carbocycles. The van der Waals surface area contributed by atoms with E-state index < -0.39 is 9.84 Å². The minimum absolute atomic E-state index is 0.0298. The Labute approximate surface area is 154 Å². The normalized spacial score (nSPS) is 18.5. The molecule has 0 bridgehead atoms. The van der Waals surface area contributed by atoms with Crippen molar-refractivity contribution in [3.8, 4) is 0 Å². The molecule has 1 aliphatic rings. The van der Waals surface area contributed by atoms with Crippen LogP contribution in [-0.4, -0.2) is 43.9 Å². The van der Waals surface area contributed by atoms with Crippen LogP contribution in [0.2, 0.25) is 0 Å². The number of pyridine rings is 1. The zero-order valence-corrected chi connectivity index (χ0v) is 16.0. The molecule has 2 aromatic rings. The summed E-state index contributed by atoms with van der Waals surface area (Å²) >= 11 is 0. The highest BCUT2D eigenvalue weighted by atomic mass is 32.2. The van der Waals surface area contributed by atoms with Crippen molar-refractivity contribution < 1.29 is 13.2 Å². The number of nitrogens with zero attached hydrogens (tertiary/aromatic N) is 2. The predicted molar refractivity (Wildman–Crippen MR) is 104 cm³/mol. The van der Waals surface area contributed by atoms with Crippen molar-refractivity contribution in [2.75, 3.05) is 28.8 Å². The monoisotopic (exact) mass is 373 g/mol. The first-order chi connectivity index (χ1) is 12.2. The van der Waals surface area contributed by atoms with Gasteiger partial charge in [0.25, 0.3) is 5.91 Å². The van der Waals surface area contributed by atoms with Crippen LogP contribution in [0.1, 0.15) is 27.9 Å². The summed E-state index contributed by atoms with van der Waals surface area (Å²) in [6.07, 6.45) is 2.28. The fourth-order valence-electron chi connectivity index (χ4n) is 3.03.